The van der Waals surface area contributed by atoms with Gasteiger partial charge in [0.2, 0.25) is 0 Å². The fraction of sp³-hybridized carbons (Fsp3) is 0.273. The molecule has 0 amide bonds. The van der Waals surface area contributed by atoms with Crippen LogP contribution in [-0.2, 0) is 31.9 Å². The number of hydrogen-bond donors (Lipinski definition) is 2. The highest BCUT2D eigenvalue weighted by atomic mass is 16.5. The predicted molar refractivity (Wildman–Crippen MR) is 109 cm³/mol. The number of rotatable bonds is 10. The summed E-state index contributed by atoms with van der Waals surface area (Å²) in [6.45, 7) is 0.491. The molecule has 0 fully saturated rings. The van der Waals surface area contributed by atoms with Gasteiger partial charge in [0.25, 0.3) is 0 Å². The van der Waals surface area contributed by atoms with E-state index in [1.54, 1.807) is 0 Å². The maximum atomic E-state index is 11.0. The van der Waals surface area contributed by atoms with Crippen LogP contribution in [0.1, 0.15) is 22.3 Å². The Balaban J connectivity index is 1.81. The highest BCUT2D eigenvalue weighted by Gasteiger charge is 2.00. The van der Waals surface area contributed by atoms with E-state index >= 15 is 0 Å². The van der Waals surface area contributed by atoms with Crippen LogP contribution < -0.4 is 11.5 Å². The lowest BCUT2D eigenvalue weighted by Gasteiger charge is -2.04. The molecule has 0 saturated heterocycles. The van der Waals surface area contributed by atoms with Crippen molar-refractivity contribution in [2.24, 2.45) is 11.5 Å². The molecule has 0 spiro atoms. The van der Waals surface area contributed by atoms with Gasteiger partial charge in [-0.25, -0.2) is 0 Å². The summed E-state index contributed by atoms with van der Waals surface area (Å²) < 4.78 is 9.95. The first kappa shape index (κ1) is 21.3. The Bertz CT molecular complexity index is 716. The summed E-state index contributed by atoms with van der Waals surface area (Å²) in [6, 6.07) is 16.2. The molecule has 0 saturated carbocycles. The average Bonchev–Trinajstić information content (AvgIpc) is 2.73. The van der Waals surface area contributed by atoms with E-state index in [0.717, 1.165) is 22.3 Å². The van der Waals surface area contributed by atoms with Gasteiger partial charge in [0.15, 0.2) is 0 Å². The standard InChI is InChI=1S/C22H26N2O4/c23-15-21(25)27-13-11-19-7-3-17(4-8-19)1-2-18-5-9-20(10-6-18)12-14-28-22(26)16-24/h1-10H,11-16,23-24H2. The van der Waals surface area contributed by atoms with Gasteiger partial charge in [-0.15, -0.1) is 0 Å². The minimum absolute atomic E-state index is 0.0908. The Morgan fingerprint density at radius 3 is 1.36 bits per heavy atom. The molecule has 148 valence electrons. The Morgan fingerprint density at radius 1 is 0.679 bits per heavy atom. The second-order valence-electron chi connectivity index (χ2n) is 6.17. The number of benzene rings is 2. The Morgan fingerprint density at radius 2 is 1.04 bits per heavy atom. The largest absolute Gasteiger partial charge is 0.464 e. The topological polar surface area (TPSA) is 105 Å². The molecule has 2 aromatic carbocycles. The highest BCUT2D eigenvalue weighted by Crippen LogP contribution is 2.12. The van der Waals surface area contributed by atoms with Crippen LogP contribution in [0.15, 0.2) is 48.5 Å². The molecule has 0 aliphatic carbocycles. The van der Waals surface area contributed by atoms with Gasteiger partial charge in [0, 0.05) is 12.8 Å². The summed E-state index contributed by atoms with van der Waals surface area (Å²) in [5.41, 5.74) is 14.8. The molecule has 4 N–H and O–H groups in total. The van der Waals surface area contributed by atoms with E-state index in [1.807, 2.05) is 60.7 Å². The van der Waals surface area contributed by atoms with Crippen molar-refractivity contribution < 1.29 is 19.1 Å². The lowest BCUT2D eigenvalue weighted by atomic mass is 10.1. The zero-order chi connectivity index (χ0) is 20.2. The molecule has 2 rings (SSSR count). The Labute approximate surface area is 165 Å². The van der Waals surface area contributed by atoms with Crippen molar-refractivity contribution in [1.29, 1.82) is 0 Å². The third-order valence-electron chi connectivity index (χ3n) is 4.07. The second kappa shape index (κ2) is 11.7. The molecular weight excluding hydrogens is 356 g/mol. The summed E-state index contributed by atoms with van der Waals surface area (Å²) in [7, 11) is 0. The number of ether oxygens (including phenoxy) is 2. The van der Waals surface area contributed by atoms with Gasteiger partial charge in [-0.2, -0.15) is 0 Å². The van der Waals surface area contributed by atoms with E-state index in [0.29, 0.717) is 26.1 Å². The van der Waals surface area contributed by atoms with E-state index in [1.165, 1.54) is 0 Å². The first-order chi connectivity index (χ1) is 13.6. The molecule has 0 aliphatic rings. The first-order valence-corrected chi connectivity index (χ1v) is 9.18. The van der Waals surface area contributed by atoms with Crippen LogP contribution in [-0.4, -0.2) is 38.2 Å². The molecule has 0 aliphatic heterocycles. The third kappa shape index (κ3) is 7.73. The third-order valence-corrected chi connectivity index (χ3v) is 4.07. The second-order valence-corrected chi connectivity index (χ2v) is 6.17. The first-order valence-electron chi connectivity index (χ1n) is 9.18. The molecule has 6 heteroatoms. The van der Waals surface area contributed by atoms with Crippen molar-refractivity contribution >= 4 is 24.1 Å². The van der Waals surface area contributed by atoms with Crippen molar-refractivity contribution in [3.05, 3.63) is 70.8 Å². The normalized spacial score (nSPS) is 10.8. The van der Waals surface area contributed by atoms with Gasteiger partial charge in [0.05, 0.1) is 26.3 Å². The lowest BCUT2D eigenvalue weighted by molar-refractivity contribution is -0.142. The van der Waals surface area contributed by atoms with Gasteiger partial charge >= 0.3 is 11.9 Å². The predicted octanol–water partition coefficient (Wildman–Crippen LogP) is 1.95. The quantitative estimate of drug-likeness (QED) is 0.481. The molecule has 0 unspecified atom stereocenters. The van der Waals surface area contributed by atoms with Crippen LogP contribution >= 0.6 is 0 Å². The van der Waals surface area contributed by atoms with E-state index in [2.05, 4.69) is 0 Å². The van der Waals surface area contributed by atoms with Crippen molar-refractivity contribution in [1.82, 2.24) is 0 Å². The number of carbonyl (C=O) groups excluding carboxylic acids is 2. The van der Waals surface area contributed by atoms with Crippen molar-refractivity contribution in [3.63, 3.8) is 0 Å². The van der Waals surface area contributed by atoms with E-state index in [-0.39, 0.29) is 25.0 Å². The zero-order valence-electron chi connectivity index (χ0n) is 15.8. The molecule has 2 aromatic rings. The molecule has 0 radical (unpaired) electrons. The van der Waals surface area contributed by atoms with Gasteiger partial charge in [0.1, 0.15) is 0 Å². The van der Waals surface area contributed by atoms with Gasteiger partial charge in [-0.3, -0.25) is 9.59 Å². The van der Waals surface area contributed by atoms with Gasteiger partial charge in [-0.1, -0.05) is 60.7 Å². The van der Waals surface area contributed by atoms with E-state index in [4.69, 9.17) is 20.9 Å². The van der Waals surface area contributed by atoms with Crippen LogP contribution in [0.5, 0.6) is 0 Å². The van der Waals surface area contributed by atoms with Crippen LogP contribution in [0.4, 0.5) is 0 Å². The van der Waals surface area contributed by atoms with Crippen LogP contribution in [0.25, 0.3) is 12.2 Å². The number of nitrogens with two attached hydrogens (primary N) is 2. The van der Waals surface area contributed by atoms with Crippen LogP contribution in [0, 0.1) is 0 Å². The van der Waals surface area contributed by atoms with Crippen molar-refractivity contribution in [3.8, 4) is 0 Å². The Kier molecular flexibility index (Phi) is 8.91. The molecule has 6 nitrogen and oxygen atoms in total. The van der Waals surface area contributed by atoms with E-state index in [9.17, 15) is 9.59 Å². The summed E-state index contributed by atoms with van der Waals surface area (Å²) in [4.78, 5) is 22.0. The fourth-order valence-electron chi connectivity index (χ4n) is 2.47. The maximum absolute atomic E-state index is 11.0. The monoisotopic (exact) mass is 382 g/mol. The maximum Gasteiger partial charge on any atom is 0.319 e. The van der Waals surface area contributed by atoms with Crippen LogP contribution in [0.2, 0.25) is 0 Å². The SMILES string of the molecule is NCC(=O)OCCc1ccc(C=Cc2ccc(CCOC(=O)CN)cc2)cc1. The minimum atomic E-state index is -0.387. The number of hydrogen-bond acceptors (Lipinski definition) is 6. The molecule has 0 bridgehead atoms. The number of esters is 2. The molecule has 0 heterocycles. The Hall–Kier alpha value is -2.96. The van der Waals surface area contributed by atoms with Crippen LogP contribution in [0.3, 0.4) is 0 Å². The lowest BCUT2D eigenvalue weighted by Crippen LogP contribution is -2.17. The fourth-order valence-corrected chi connectivity index (χ4v) is 2.47. The molecule has 0 aromatic heterocycles. The molecular formula is C22H26N2O4. The molecule has 28 heavy (non-hydrogen) atoms. The van der Waals surface area contributed by atoms with E-state index < -0.39 is 0 Å². The van der Waals surface area contributed by atoms with Crippen molar-refractivity contribution in [2.45, 2.75) is 12.8 Å². The number of carbonyl (C=O) groups is 2. The average molecular weight is 382 g/mol. The van der Waals surface area contributed by atoms with Gasteiger partial charge in [-0.05, 0) is 22.3 Å². The summed E-state index contributed by atoms with van der Waals surface area (Å²) in [6.07, 6.45) is 5.40. The molecule has 0 atom stereocenters. The summed E-state index contributed by atoms with van der Waals surface area (Å²) >= 11 is 0. The van der Waals surface area contributed by atoms with Gasteiger partial charge < -0.3 is 20.9 Å². The zero-order valence-corrected chi connectivity index (χ0v) is 15.8. The summed E-state index contributed by atoms with van der Waals surface area (Å²) in [5.74, 6) is -0.774. The highest BCUT2D eigenvalue weighted by molar-refractivity contribution is 5.72. The smallest absolute Gasteiger partial charge is 0.319 e. The van der Waals surface area contributed by atoms with Crippen molar-refractivity contribution in [2.75, 3.05) is 26.3 Å². The summed E-state index contributed by atoms with van der Waals surface area (Å²) in [5, 5.41) is 0. The minimum Gasteiger partial charge on any atom is -0.464 e.